The first-order valence-corrected chi connectivity index (χ1v) is 5.54. The molecule has 0 atom stereocenters. The lowest BCUT2D eigenvalue weighted by atomic mass is 10.2. The topological polar surface area (TPSA) is 71.4 Å². The number of halogens is 3. The first-order valence-electron chi connectivity index (χ1n) is 5.54. The van der Waals surface area contributed by atoms with E-state index in [1.165, 1.54) is 37.4 Å². The summed E-state index contributed by atoms with van der Waals surface area (Å²) in [6.07, 6.45) is -4.92. The third kappa shape index (κ3) is 4.14. The number of allylic oxidation sites excluding steroid dienone is 1. The second-order valence-electron chi connectivity index (χ2n) is 3.70. The highest BCUT2D eigenvalue weighted by Crippen LogP contribution is 2.30. The molecule has 0 saturated heterocycles. The summed E-state index contributed by atoms with van der Waals surface area (Å²) in [6, 6.07) is 6.69. The summed E-state index contributed by atoms with van der Waals surface area (Å²) < 4.78 is 48.0. The van der Waals surface area contributed by atoms with Gasteiger partial charge in [-0.2, -0.15) is 18.4 Å². The highest BCUT2D eigenvalue weighted by atomic mass is 19.4. The molecule has 0 spiro atoms. The fraction of sp³-hybridized carbons (Fsp3) is 0.231. The van der Waals surface area contributed by atoms with Crippen LogP contribution in [-0.2, 0) is 9.53 Å². The molecule has 1 rings (SSSR count). The van der Waals surface area contributed by atoms with Crippen LogP contribution >= 0.6 is 0 Å². The van der Waals surface area contributed by atoms with E-state index in [9.17, 15) is 18.0 Å². The van der Waals surface area contributed by atoms with Crippen molar-refractivity contribution in [3.05, 3.63) is 35.5 Å². The van der Waals surface area contributed by atoms with Crippen LogP contribution in [0.3, 0.4) is 0 Å². The number of nitrogens with one attached hydrogen (secondary N) is 1. The molecule has 1 aromatic rings. The molecule has 0 radical (unpaired) electrons. The largest absolute Gasteiger partial charge is 0.497 e. The van der Waals surface area contributed by atoms with Gasteiger partial charge in [-0.1, -0.05) is 0 Å². The fourth-order valence-corrected chi connectivity index (χ4v) is 1.40. The van der Waals surface area contributed by atoms with Gasteiger partial charge in [-0.05, 0) is 24.3 Å². The second-order valence-corrected chi connectivity index (χ2v) is 3.70. The number of carbonyl (C=O) groups excluding carboxylic acids is 1. The Labute approximate surface area is 118 Å². The van der Waals surface area contributed by atoms with Crippen LogP contribution in [0.2, 0.25) is 0 Å². The molecule has 0 unspecified atom stereocenters. The van der Waals surface area contributed by atoms with Crippen LogP contribution in [0.25, 0.3) is 0 Å². The number of esters is 1. The second kappa shape index (κ2) is 6.65. The summed E-state index contributed by atoms with van der Waals surface area (Å²) >= 11 is 0. The molecule has 8 heteroatoms. The van der Waals surface area contributed by atoms with Gasteiger partial charge in [-0.15, -0.1) is 0 Å². The first-order chi connectivity index (χ1) is 9.83. The molecule has 21 heavy (non-hydrogen) atoms. The number of carbonyl (C=O) groups is 1. The van der Waals surface area contributed by atoms with Crippen molar-refractivity contribution in [3.63, 3.8) is 0 Å². The maximum atomic E-state index is 13.0. The molecule has 5 nitrogen and oxygen atoms in total. The molecule has 0 aliphatic rings. The minimum absolute atomic E-state index is 0.0415. The highest BCUT2D eigenvalue weighted by Gasteiger charge is 2.39. The van der Waals surface area contributed by atoms with E-state index in [0.29, 0.717) is 5.75 Å². The van der Waals surface area contributed by atoms with Gasteiger partial charge in [0.25, 0.3) is 0 Å². The highest BCUT2D eigenvalue weighted by molar-refractivity contribution is 5.94. The molecule has 0 aliphatic heterocycles. The molecule has 0 amide bonds. The zero-order chi connectivity index (χ0) is 16.0. The fourth-order valence-electron chi connectivity index (χ4n) is 1.40. The van der Waals surface area contributed by atoms with Gasteiger partial charge < -0.3 is 14.8 Å². The molecule has 112 valence electrons. The van der Waals surface area contributed by atoms with Gasteiger partial charge in [0, 0.05) is 5.69 Å². The number of hydrogen-bond donors (Lipinski definition) is 1. The van der Waals surface area contributed by atoms with E-state index in [1.807, 2.05) is 5.32 Å². The van der Waals surface area contributed by atoms with Crippen molar-refractivity contribution in [2.45, 2.75) is 6.18 Å². The van der Waals surface area contributed by atoms with E-state index < -0.39 is 23.4 Å². The van der Waals surface area contributed by atoms with E-state index in [2.05, 4.69) is 4.74 Å². The van der Waals surface area contributed by atoms with Gasteiger partial charge in [-0.25, -0.2) is 4.79 Å². The molecule has 0 aliphatic carbocycles. The number of methoxy groups -OCH3 is 2. The Hall–Kier alpha value is -2.69. The Bertz CT molecular complexity index is 586. The third-order valence-corrected chi connectivity index (χ3v) is 2.39. The smallest absolute Gasteiger partial charge is 0.432 e. The van der Waals surface area contributed by atoms with E-state index in [-0.39, 0.29) is 5.69 Å². The van der Waals surface area contributed by atoms with Crippen molar-refractivity contribution in [1.29, 1.82) is 5.26 Å². The zero-order valence-corrected chi connectivity index (χ0v) is 11.1. The van der Waals surface area contributed by atoms with Gasteiger partial charge in [0.05, 0.1) is 14.2 Å². The van der Waals surface area contributed by atoms with Crippen molar-refractivity contribution in [1.82, 2.24) is 0 Å². The Morgan fingerprint density at radius 1 is 1.24 bits per heavy atom. The number of ether oxygens (including phenoxy) is 2. The number of nitrogens with zero attached hydrogens (tertiary/aromatic N) is 1. The Balaban J connectivity index is 3.24. The maximum absolute atomic E-state index is 13.0. The first kappa shape index (κ1) is 16.4. The van der Waals surface area contributed by atoms with Crippen LogP contribution < -0.4 is 10.1 Å². The van der Waals surface area contributed by atoms with Crippen LogP contribution in [0.4, 0.5) is 18.9 Å². The predicted molar refractivity (Wildman–Crippen MR) is 67.3 cm³/mol. The van der Waals surface area contributed by atoms with Crippen molar-refractivity contribution < 1.29 is 27.4 Å². The van der Waals surface area contributed by atoms with E-state index >= 15 is 0 Å². The molecule has 0 aromatic heterocycles. The SMILES string of the molecule is COC(=O)C(C#N)=C(Nc1ccc(OC)cc1)C(F)(F)F. The summed E-state index contributed by atoms with van der Waals surface area (Å²) in [5.74, 6) is -0.919. The normalized spacial score (nSPS) is 12.0. The van der Waals surface area contributed by atoms with Crippen LogP contribution in [0.15, 0.2) is 35.5 Å². The number of nitriles is 1. The van der Waals surface area contributed by atoms with Gasteiger partial charge in [0.1, 0.15) is 17.5 Å². The summed E-state index contributed by atoms with van der Waals surface area (Å²) in [5, 5.41) is 10.8. The molecule has 0 heterocycles. The van der Waals surface area contributed by atoms with Gasteiger partial charge in [0.15, 0.2) is 5.57 Å². The van der Waals surface area contributed by atoms with E-state index in [0.717, 1.165) is 7.11 Å². The van der Waals surface area contributed by atoms with E-state index in [4.69, 9.17) is 10.00 Å². The van der Waals surface area contributed by atoms with Crippen LogP contribution in [0, 0.1) is 11.3 Å². The minimum atomic E-state index is -4.92. The molecule has 0 fully saturated rings. The monoisotopic (exact) mass is 300 g/mol. The molecule has 0 bridgehead atoms. The average molecular weight is 300 g/mol. The van der Waals surface area contributed by atoms with Crippen LogP contribution in [0.5, 0.6) is 5.75 Å². The quantitative estimate of drug-likeness (QED) is 0.526. The van der Waals surface area contributed by atoms with Crippen molar-refractivity contribution in [3.8, 4) is 11.8 Å². The molecular formula is C13H11F3N2O3. The van der Waals surface area contributed by atoms with Gasteiger partial charge in [0.2, 0.25) is 0 Å². The minimum Gasteiger partial charge on any atom is -0.497 e. The number of anilines is 1. The standard InChI is InChI=1S/C13H11F3N2O3/c1-20-9-5-3-8(4-6-9)18-11(13(14,15)16)10(7-17)12(19)21-2/h3-6,18H,1-2H3. The average Bonchev–Trinajstić information content (AvgIpc) is 2.46. The van der Waals surface area contributed by atoms with Crippen molar-refractivity contribution in [2.75, 3.05) is 19.5 Å². The van der Waals surface area contributed by atoms with Crippen molar-refractivity contribution >= 4 is 11.7 Å². The molecule has 1 aromatic carbocycles. The summed E-state index contributed by atoms with van der Waals surface area (Å²) in [4.78, 5) is 11.3. The van der Waals surface area contributed by atoms with Crippen LogP contribution in [0.1, 0.15) is 0 Å². The third-order valence-electron chi connectivity index (χ3n) is 2.39. The summed E-state index contributed by atoms with van der Waals surface area (Å²) in [6.45, 7) is 0. The number of alkyl halides is 3. The lowest BCUT2D eigenvalue weighted by molar-refractivity contribution is -0.136. The number of rotatable bonds is 4. The zero-order valence-electron chi connectivity index (χ0n) is 11.1. The number of benzene rings is 1. The summed E-state index contributed by atoms with van der Waals surface area (Å²) in [5.41, 5.74) is -2.59. The van der Waals surface area contributed by atoms with Gasteiger partial charge in [-0.3, -0.25) is 0 Å². The lowest BCUT2D eigenvalue weighted by Crippen LogP contribution is -2.24. The number of hydrogen-bond acceptors (Lipinski definition) is 5. The Morgan fingerprint density at radius 3 is 2.19 bits per heavy atom. The molecule has 0 saturated carbocycles. The van der Waals surface area contributed by atoms with Gasteiger partial charge >= 0.3 is 12.1 Å². The Morgan fingerprint density at radius 2 is 1.81 bits per heavy atom. The predicted octanol–water partition coefficient (Wildman–Crippen LogP) is 2.62. The summed E-state index contributed by atoms with van der Waals surface area (Å²) in [7, 11) is 2.30. The van der Waals surface area contributed by atoms with Crippen molar-refractivity contribution in [2.24, 2.45) is 0 Å². The Kier molecular flexibility index (Phi) is 5.18. The molecular weight excluding hydrogens is 289 g/mol. The molecule has 1 N–H and O–H groups in total. The van der Waals surface area contributed by atoms with E-state index in [1.54, 1.807) is 0 Å². The maximum Gasteiger partial charge on any atom is 0.432 e. The lowest BCUT2D eigenvalue weighted by Gasteiger charge is -2.15. The van der Waals surface area contributed by atoms with Crippen LogP contribution in [-0.4, -0.2) is 26.4 Å².